The van der Waals surface area contributed by atoms with Crippen molar-refractivity contribution >= 4 is 5.69 Å². The Morgan fingerprint density at radius 1 is 1.36 bits per heavy atom. The highest BCUT2D eigenvalue weighted by Gasteiger charge is 2.30. The Bertz CT molecular complexity index is 544. The average Bonchev–Trinajstić information content (AvgIpc) is 2.51. The minimum Gasteiger partial charge on any atom is -0.504 e. The van der Waals surface area contributed by atoms with Gasteiger partial charge in [-0.2, -0.15) is 0 Å². The summed E-state index contributed by atoms with van der Waals surface area (Å²) in [6, 6.07) is 2.81. The van der Waals surface area contributed by atoms with Crippen LogP contribution in [-0.4, -0.2) is 46.2 Å². The molecule has 1 aliphatic heterocycles. The lowest BCUT2D eigenvalue weighted by Crippen LogP contribution is -2.46. The van der Waals surface area contributed by atoms with Gasteiger partial charge in [-0.05, 0) is 17.5 Å². The molecule has 1 aliphatic rings. The van der Waals surface area contributed by atoms with Gasteiger partial charge in [0.2, 0.25) is 5.75 Å². The lowest BCUT2D eigenvalue weighted by Gasteiger charge is -2.38. The van der Waals surface area contributed by atoms with Crippen LogP contribution in [0.4, 0.5) is 5.69 Å². The number of hydrogen-bond donors (Lipinski definition) is 3. The minimum absolute atomic E-state index is 0.0164. The van der Waals surface area contributed by atoms with Crippen LogP contribution in [-0.2, 0) is 0 Å². The van der Waals surface area contributed by atoms with Crippen LogP contribution in [0.5, 0.6) is 11.5 Å². The summed E-state index contributed by atoms with van der Waals surface area (Å²) in [4.78, 5) is 12.7. The van der Waals surface area contributed by atoms with E-state index in [1.165, 1.54) is 12.1 Å². The fourth-order valence-electron chi connectivity index (χ4n) is 3.02. The maximum absolute atomic E-state index is 11.1. The Hall–Kier alpha value is -1.86. The molecule has 0 amide bonds. The number of rotatable bonds is 5. The third-order valence-electron chi connectivity index (χ3n) is 4.36. The van der Waals surface area contributed by atoms with Crippen molar-refractivity contribution in [2.45, 2.75) is 26.3 Å². The largest absolute Gasteiger partial charge is 0.504 e. The summed E-state index contributed by atoms with van der Waals surface area (Å²) in [6.07, 6.45) is 0.921. The van der Waals surface area contributed by atoms with E-state index in [9.17, 15) is 20.3 Å². The smallest absolute Gasteiger partial charge is 0.314 e. The lowest BCUT2D eigenvalue weighted by atomic mass is 9.90. The third-order valence-corrected chi connectivity index (χ3v) is 4.36. The number of nitrogens with one attached hydrogen (secondary N) is 1. The molecule has 7 heteroatoms. The zero-order valence-electron chi connectivity index (χ0n) is 13.0. The van der Waals surface area contributed by atoms with Crippen LogP contribution >= 0.6 is 0 Å². The van der Waals surface area contributed by atoms with Gasteiger partial charge in [0.1, 0.15) is 0 Å². The Morgan fingerprint density at radius 2 is 2.00 bits per heavy atom. The van der Waals surface area contributed by atoms with Crippen molar-refractivity contribution in [3.63, 3.8) is 0 Å². The van der Waals surface area contributed by atoms with Crippen molar-refractivity contribution in [1.82, 2.24) is 10.2 Å². The minimum atomic E-state index is -0.669. The van der Waals surface area contributed by atoms with Crippen molar-refractivity contribution in [2.75, 3.05) is 26.2 Å². The number of phenols is 2. The summed E-state index contributed by atoms with van der Waals surface area (Å²) in [5.74, 6) is -0.828. The molecule has 1 aromatic carbocycles. The molecule has 1 aromatic rings. The van der Waals surface area contributed by atoms with E-state index in [2.05, 4.69) is 24.1 Å². The molecule has 122 valence electrons. The van der Waals surface area contributed by atoms with Crippen LogP contribution in [0.15, 0.2) is 12.1 Å². The first-order valence-corrected chi connectivity index (χ1v) is 7.60. The van der Waals surface area contributed by atoms with E-state index in [1.54, 1.807) is 0 Å². The van der Waals surface area contributed by atoms with Crippen LogP contribution in [0.1, 0.15) is 31.9 Å². The predicted octanol–water partition coefficient (Wildman–Crippen LogP) is 2.00. The Labute approximate surface area is 129 Å². The molecule has 22 heavy (non-hydrogen) atoms. The third kappa shape index (κ3) is 3.31. The van der Waals surface area contributed by atoms with Crippen molar-refractivity contribution in [3.05, 3.63) is 27.8 Å². The van der Waals surface area contributed by atoms with Crippen molar-refractivity contribution in [2.24, 2.45) is 5.92 Å². The Balaban J connectivity index is 2.44. The van der Waals surface area contributed by atoms with E-state index in [1.807, 2.05) is 0 Å². The second kappa shape index (κ2) is 6.93. The van der Waals surface area contributed by atoms with Crippen LogP contribution in [0, 0.1) is 16.0 Å². The monoisotopic (exact) mass is 309 g/mol. The van der Waals surface area contributed by atoms with Gasteiger partial charge in [-0.3, -0.25) is 15.0 Å². The number of hydrogen-bond acceptors (Lipinski definition) is 6. The van der Waals surface area contributed by atoms with Crippen LogP contribution in [0.3, 0.4) is 0 Å². The molecule has 0 bridgehead atoms. The molecule has 0 saturated carbocycles. The molecule has 1 fully saturated rings. The fraction of sp³-hybridized carbons (Fsp3) is 0.600. The molecule has 1 saturated heterocycles. The van der Waals surface area contributed by atoms with Gasteiger partial charge < -0.3 is 15.5 Å². The molecule has 0 aromatic heterocycles. The molecule has 0 aliphatic carbocycles. The fourth-order valence-corrected chi connectivity index (χ4v) is 3.02. The predicted molar refractivity (Wildman–Crippen MR) is 83.1 cm³/mol. The van der Waals surface area contributed by atoms with Crippen molar-refractivity contribution in [3.8, 4) is 11.5 Å². The summed E-state index contributed by atoms with van der Waals surface area (Å²) < 4.78 is 0. The number of nitro groups is 1. The molecule has 0 spiro atoms. The molecule has 7 nitrogen and oxygen atoms in total. The molecule has 2 atom stereocenters. The number of piperazine rings is 1. The maximum atomic E-state index is 11.1. The second-order valence-electron chi connectivity index (χ2n) is 5.78. The number of benzene rings is 1. The van der Waals surface area contributed by atoms with Gasteiger partial charge in [0.25, 0.3) is 0 Å². The van der Waals surface area contributed by atoms with E-state index in [0.717, 1.165) is 32.6 Å². The van der Waals surface area contributed by atoms with E-state index < -0.39 is 22.1 Å². The first-order chi connectivity index (χ1) is 10.5. The van der Waals surface area contributed by atoms with Gasteiger partial charge in [0.05, 0.1) is 4.92 Å². The lowest BCUT2D eigenvalue weighted by molar-refractivity contribution is -0.386. The summed E-state index contributed by atoms with van der Waals surface area (Å²) in [7, 11) is 0. The van der Waals surface area contributed by atoms with Crippen LogP contribution < -0.4 is 5.32 Å². The molecule has 1 heterocycles. The zero-order chi connectivity index (χ0) is 16.3. The topological polar surface area (TPSA) is 98.9 Å². The Kier molecular flexibility index (Phi) is 5.20. The van der Waals surface area contributed by atoms with Gasteiger partial charge in [-0.25, -0.2) is 0 Å². The zero-order valence-corrected chi connectivity index (χ0v) is 13.0. The molecule has 2 rings (SSSR count). The van der Waals surface area contributed by atoms with Gasteiger partial charge in [-0.1, -0.05) is 20.3 Å². The quantitative estimate of drug-likeness (QED) is 0.437. The first-order valence-electron chi connectivity index (χ1n) is 7.60. The van der Waals surface area contributed by atoms with Gasteiger partial charge in [-0.15, -0.1) is 0 Å². The highest BCUT2D eigenvalue weighted by Crippen LogP contribution is 2.41. The number of nitro benzene ring substituents is 1. The van der Waals surface area contributed by atoms with E-state index in [0.29, 0.717) is 5.56 Å². The van der Waals surface area contributed by atoms with Crippen LogP contribution in [0.2, 0.25) is 0 Å². The standard InChI is InChI=1S/C15H23N3O4/c1-3-10(2)14(17-6-4-16-5-7-17)11-8-12(18(21)22)15(20)13(19)9-11/h8-10,14,16,19-20H,3-7H2,1-2H3/t10?,14-/m0/s1. The van der Waals surface area contributed by atoms with Gasteiger partial charge in [0, 0.05) is 38.3 Å². The van der Waals surface area contributed by atoms with Crippen LogP contribution in [0.25, 0.3) is 0 Å². The molecule has 3 N–H and O–H groups in total. The highest BCUT2D eigenvalue weighted by atomic mass is 16.6. The number of phenolic OH excluding ortho intramolecular Hbond substituents is 2. The summed E-state index contributed by atoms with van der Waals surface area (Å²) in [5, 5.41) is 33.9. The molecular weight excluding hydrogens is 286 g/mol. The summed E-state index contributed by atoms with van der Waals surface area (Å²) >= 11 is 0. The molecule has 0 radical (unpaired) electrons. The van der Waals surface area contributed by atoms with E-state index in [-0.39, 0.29) is 12.0 Å². The second-order valence-corrected chi connectivity index (χ2v) is 5.78. The SMILES string of the molecule is CCC(C)[C@@H](c1cc(O)c(O)c([N+](=O)[O-])c1)N1CCNCC1. The van der Waals surface area contributed by atoms with Crippen molar-refractivity contribution < 1.29 is 15.1 Å². The maximum Gasteiger partial charge on any atom is 0.314 e. The number of aromatic hydroxyl groups is 2. The molecular formula is C15H23N3O4. The number of nitrogens with zero attached hydrogens (tertiary/aromatic N) is 2. The summed E-state index contributed by atoms with van der Waals surface area (Å²) in [5.41, 5.74) is 0.233. The molecule has 1 unspecified atom stereocenters. The summed E-state index contributed by atoms with van der Waals surface area (Å²) in [6.45, 7) is 7.63. The normalized spacial score (nSPS) is 18.8. The Morgan fingerprint density at radius 3 is 2.55 bits per heavy atom. The highest BCUT2D eigenvalue weighted by molar-refractivity contribution is 5.57. The first kappa shape index (κ1) is 16.5. The average molecular weight is 309 g/mol. The van der Waals surface area contributed by atoms with Gasteiger partial charge in [0.15, 0.2) is 5.75 Å². The van der Waals surface area contributed by atoms with E-state index in [4.69, 9.17) is 0 Å². The van der Waals surface area contributed by atoms with E-state index >= 15 is 0 Å². The van der Waals surface area contributed by atoms with Crippen molar-refractivity contribution in [1.29, 1.82) is 0 Å². The van der Waals surface area contributed by atoms with Gasteiger partial charge >= 0.3 is 5.69 Å².